The first-order valence-electron chi connectivity index (χ1n) is 10.1. The molecule has 1 aliphatic heterocycles. The average molecular weight is 403 g/mol. The number of fused-ring (bicyclic) bond motifs is 2. The molecule has 0 fully saturated rings. The van der Waals surface area contributed by atoms with Gasteiger partial charge in [-0.05, 0) is 32.4 Å². The van der Waals surface area contributed by atoms with E-state index < -0.39 is 11.7 Å². The first-order valence-corrected chi connectivity index (χ1v) is 10.1. The zero-order valence-electron chi connectivity index (χ0n) is 17.4. The van der Waals surface area contributed by atoms with E-state index in [0.717, 1.165) is 16.5 Å². The summed E-state index contributed by atoms with van der Waals surface area (Å²) in [6, 6.07) is 17.7. The van der Waals surface area contributed by atoms with Crippen molar-refractivity contribution in [1.82, 2.24) is 9.88 Å². The molecule has 3 aromatic rings. The molecule has 0 aliphatic carbocycles. The third-order valence-corrected chi connectivity index (χ3v) is 4.92. The predicted octanol–water partition coefficient (Wildman–Crippen LogP) is 4.78. The molecule has 0 radical (unpaired) electrons. The average Bonchev–Trinajstić information content (AvgIpc) is 2.71. The van der Waals surface area contributed by atoms with Crippen molar-refractivity contribution >= 4 is 28.6 Å². The van der Waals surface area contributed by atoms with Crippen LogP contribution in [0.5, 0.6) is 0 Å². The van der Waals surface area contributed by atoms with Gasteiger partial charge in [0.25, 0.3) is 5.91 Å². The minimum absolute atomic E-state index is 0.254. The Morgan fingerprint density at radius 3 is 2.53 bits per heavy atom. The Hall–Kier alpha value is -3.41. The second-order valence-corrected chi connectivity index (χ2v) is 8.35. The highest BCUT2D eigenvalue weighted by molar-refractivity contribution is 6.12. The van der Waals surface area contributed by atoms with Gasteiger partial charge in [-0.2, -0.15) is 0 Å². The predicted molar refractivity (Wildman–Crippen MR) is 116 cm³/mol. The molecule has 2 aromatic carbocycles. The van der Waals surface area contributed by atoms with Crippen LogP contribution in [0.25, 0.3) is 10.9 Å². The van der Waals surface area contributed by atoms with Gasteiger partial charge in [0, 0.05) is 24.9 Å². The van der Waals surface area contributed by atoms with Crippen LogP contribution in [-0.4, -0.2) is 34.0 Å². The van der Waals surface area contributed by atoms with E-state index in [1.54, 1.807) is 20.8 Å². The standard InChI is InChI=1S/C24H25N3O3/c1-24(2,3)30-23(29)27-14-13-19-20(22(27)28)21(17-11-7-8-12-18(17)26-19)25-15-16-9-5-4-6-10-16/h4-12H,13-15H2,1-3H3,(H,25,26). The minimum atomic E-state index is -0.673. The molecule has 1 N–H and O–H groups in total. The van der Waals surface area contributed by atoms with E-state index in [1.807, 2.05) is 54.6 Å². The van der Waals surface area contributed by atoms with E-state index in [-0.39, 0.29) is 12.5 Å². The molecular weight excluding hydrogens is 378 g/mol. The van der Waals surface area contributed by atoms with Gasteiger partial charge in [0.05, 0.1) is 22.5 Å². The van der Waals surface area contributed by atoms with Gasteiger partial charge < -0.3 is 10.1 Å². The highest BCUT2D eigenvalue weighted by atomic mass is 16.6. The number of rotatable bonds is 3. The number of amides is 2. The van der Waals surface area contributed by atoms with Crippen LogP contribution >= 0.6 is 0 Å². The van der Waals surface area contributed by atoms with Crippen molar-refractivity contribution in [3.05, 3.63) is 71.4 Å². The third kappa shape index (κ3) is 3.99. The summed E-state index contributed by atoms with van der Waals surface area (Å²) in [5.74, 6) is -0.376. The Balaban J connectivity index is 1.75. The van der Waals surface area contributed by atoms with E-state index in [4.69, 9.17) is 9.72 Å². The Morgan fingerprint density at radius 1 is 1.10 bits per heavy atom. The Bertz CT molecular complexity index is 1100. The highest BCUT2D eigenvalue weighted by Gasteiger charge is 2.35. The number of anilines is 1. The number of aromatic nitrogens is 1. The normalized spacial score (nSPS) is 13.8. The fraction of sp³-hybridized carbons (Fsp3) is 0.292. The molecule has 0 atom stereocenters. The summed E-state index contributed by atoms with van der Waals surface area (Å²) in [7, 11) is 0. The summed E-state index contributed by atoms with van der Waals surface area (Å²) in [6.07, 6.45) is -0.133. The van der Waals surface area contributed by atoms with E-state index >= 15 is 0 Å². The summed E-state index contributed by atoms with van der Waals surface area (Å²) in [5.41, 5.74) is 3.10. The summed E-state index contributed by atoms with van der Waals surface area (Å²) >= 11 is 0. The lowest BCUT2D eigenvalue weighted by Gasteiger charge is -2.30. The van der Waals surface area contributed by atoms with Gasteiger partial charge in [-0.15, -0.1) is 0 Å². The van der Waals surface area contributed by atoms with E-state index in [1.165, 1.54) is 4.90 Å². The minimum Gasteiger partial charge on any atom is -0.443 e. The number of carbonyl (C=O) groups is 2. The number of pyridine rings is 1. The number of para-hydroxylation sites is 1. The largest absolute Gasteiger partial charge is 0.443 e. The maximum Gasteiger partial charge on any atom is 0.417 e. The van der Waals surface area contributed by atoms with Gasteiger partial charge in [-0.25, -0.2) is 9.69 Å². The number of imide groups is 1. The number of nitrogens with one attached hydrogen (secondary N) is 1. The maximum atomic E-state index is 13.4. The topological polar surface area (TPSA) is 71.5 Å². The van der Waals surface area contributed by atoms with Crippen LogP contribution in [0.3, 0.4) is 0 Å². The van der Waals surface area contributed by atoms with Gasteiger partial charge in [-0.1, -0.05) is 48.5 Å². The van der Waals surface area contributed by atoms with Gasteiger partial charge in [0.15, 0.2) is 0 Å². The number of ether oxygens (including phenoxy) is 1. The molecule has 0 unspecified atom stereocenters. The second kappa shape index (κ2) is 7.78. The van der Waals surface area contributed by atoms with Crippen LogP contribution in [0.4, 0.5) is 10.5 Å². The van der Waals surface area contributed by atoms with Crippen LogP contribution in [-0.2, 0) is 17.7 Å². The highest BCUT2D eigenvalue weighted by Crippen LogP contribution is 2.33. The van der Waals surface area contributed by atoms with Crippen LogP contribution in [0.2, 0.25) is 0 Å². The number of benzene rings is 2. The number of hydrogen-bond acceptors (Lipinski definition) is 5. The molecule has 0 saturated heterocycles. The lowest BCUT2D eigenvalue weighted by molar-refractivity contribution is 0.0233. The zero-order valence-corrected chi connectivity index (χ0v) is 17.4. The molecule has 2 amide bonds. The van der Waals surface area contributed by atoms with Gasteiger partial charge in [0.2, 0.25) is 0 Å². The van der Waals surface area contributed by atoms with Crippen molar-refractivity contribution in [3.8, 4) is 0 Å². The third-order valence-electron chi connectivity index (χ3n) is 4.92. The summed E-state index contributed by atoms with van der Waals surface area (Å²) in [5, 5.41) is 4.28. The van der Waals surface area contributed by atoms with Crippen molar-refractivity contribution in [1.29, 1.82) is 0 Å². The molecule has 6 nitrogen and oxygen atoms in total. The van der Waals surface area contributed by atoms with Gasteiger partial charge in [-0.3, -0.25) is 9.78 Å². The fourth-order valence-electron chi connectivity index (χ4n) is 3.59. The molecule has 4 rings (SSSR count). The molecule has 0 saturated carbocycles. The maximum absolute atomic E-state index is 13.4. The van der Waals surface area contributed by atoms with Crippen molar-refractivity contribution in [2.24, 2.45) is 0 Å². The molecule has 30 heavy (non-hydrogen) atoms. The van der Waals surface area contributed by atoms with E-state index in [9.17, 15) is 9.59 Å². The molecule has 2 heterocycles. The van der Waals surface area contributed by atoms with Crippen LogP contribution in [0, 0.1) is 0 Å². The fourth-order valence-corrected chi connectivity index (χ4v) is 3.59. The monoisotopic (exact) mass is 403 g/mol. The Morgan fingerprint density at radius 2 is 1.80 bits per heavy atom. The lowest BCUT2D eigenvalue weighted by atomic mass is 9.99. The zero-order chi connectivity index (χ0) is 21.3. The summed E-state index contributed by atoms with van der Waals surface area (Å²) in [6.45, 7) is 6.17. The SMILES string of the molecule is CC(C)(C)OC(=O)N1CCc2nc3ccccc3c(NCc3ccccc3)c2C1=O. The van der Waals surface area contributed by atoms with Crippen molar-refractivity contribution < 1.29 is 14.3 Å². The van der Waals surface area contributed by atoms with Crippen molar-refractivity contribution in [2.75, 3.05) is 11.9 Å². The van der Waals surface area contributed by atoms with Crippen molar-refractivity contribution in [2.45, 2.75) is 39.3 Å². The molecule has 0 spiro atoms. The molecule has 154 valence electrons. The Kier molecular flexibility index (Phi) is 5.16. The molecule has 6 heteroatoms. The summed E-state index contributed by atoms with van der Waals surface area (Å²) < 4.78 is 5.44. The van der Waals surface area contributed by atoms with Gasteiger partial charge >= 0.3 is 6.09 Å². The second-order valence-electron chi connectivity index (χ2n) is 8.35. The smallest absolute Gasteiger partial charge is 0.417 e. The first-order chi connectivity index (χ1) is 14.3. The van der Waals surface area contributed by atoms with Crippen molar-refractivity contribution in [3.63, 3.8) is 0 Å². The first kappa shape index (κ1) is 19.9. The quantitative estimate of drug-likeness (QED) is 0.681. The Labute approximate surface area is 175 Å². The number of carbonyl (C=O) groups excluding carboxylic acids is 2. The molecule has 1 aliphatic rings. The van der Waals surface area contributed by atoms with Crippen LogP contribution in [0.1, 0.15) is 42.4 Å². The summed E-state index contributed by atoms with van der Waals surface area (Å²) in [4.78, 5) is 31.9. The lowest BCUT2D eigenvalue weighted by Crippen LogP contribution is -2.45. The van der Waals surface area contributed by atoms with Gasteiger partial charge in [0.1, 0.15) is 5.60 Å². The van der Waals surface area contributed by atoms with Crippen LogP contribution < -0.4 is 5.32 Å². The van der Waals surface area contributed by atoms with Crippen LogP contribution in [0.15, 0.2) is 54.6 Å². The number of hydrogen-bond donors (Lipinski definition) is 1. The molecule has 0 bridgehead atoms. The molecule has 1 aromatic heterocycles. The van der Waals surface area contributed by atoms with E-state index in [0.29, 0.717) is 29.9 Å². The number of nitrogens with zero attached hydrogens (tertiary/aromatic N) is 2. The van der Waals surface area contributed by atoms with E-state index in [2.05, 4.69) is 5.32 Å². The molecular formula is C24H25N3O3.